The number of rotatable bonds is 8. The van der Waals surface area contributed by atoms with E-state index in [1.165, 1.54) is 0 Å². The summed E-state index contributed by atoms with van der Waals surface area (Å²) in [5, 5.41) is 0. The Morgan fingerprint density at radius 3 is 1.62 bits per heavy atom. The van der Waals surface area contributed by atoms with E-state index in [9.17, 15) is 0 Å². The van der Waals surface area contributed by atoms with Crippen LogP contribution in [0.5, 0.6) is 0 Å². The molecule has 0 N–H and O–H groups in total. The molecule has 0 aromatic heterocycles. The van der Waals surface area contributed by atoms with Crippen LogP contribution in [0.15, 0.2) is 0 Å². The summed E-state index contributed by atoms with van der Waals surface area (Å²) in [6.07, 6.45) is 5.58. The average Bonchev–Trinajstić information content (AvgIpc) is 3.24. The molecule has 3 aliphatic rings. The van der Waals surface area contributed by atoms with E-state index in [-0.39, 0.29) is 25.0 Å². The Hall–Kier alpha value is -0.240. The summed E-state index contributed by atoms with van der Waals surface area (Å²) in [4.78, 5) is 0. The minimum atomic E-state index is -0.138. The van der Waals surface area contributed by atoms with E-state index >= 15 is 0 Å². The molecule has 21 heavy (non-hydrogen) atoms. The minimum Gasteiger partial charge on any atom is -0.353 e. The molecule has 6 heteroatoms. The topological polar surface area (TPSA) is 55.4 Å². The maximum atomic E-state index is 5.95. The molecule has 0 bridgehead atoms. The number of hydrogen-bond acceptors (Lipinski definition) is 6. The molecule has 0 spiro atoms. The summed E-state index contributed by atoms with van der Waals surface area (Å²) < 4.78 is 34.0. The SMILES string of the molecule is C1COC(OCC(COC2CCCO2)OC2CCCO2)C1. The van der Waals surface area contributed by atoms with Crippen molar-refractivity contribution in [2.75, 3.05) is 33.0 Å². The summed E-state index contributed by atoms with van der Waals surface area (Å²) in [5.74, 6) is 0. The standard InChI is InChI=1S/C15H26O6/c1-4-13(16-7-1)19-10-12(21-15-6-3-9-18-15)11-20-14-5-2-8-17-14/h12-15H,1-11H2. The molecule has 0 saturated carbocycles. The lowest BCUT2D eigenvalue weighted by Crippen LogP contribution is -2.33. The van der Waals surface area contributed by atoms with Gasteiger partial charge in [0.05, 0.1) is 13.2 Å². The molecular weight excluding hydrogens is 276 g/mol. The average molecular weight is 302 g/mol. The summed E-state index contributed by atoms with van der Waals surface area (Å²) in [5.41, 5.74) is 0. The maximum absolute atomic E-state index is 5.95. The molecule has 0 radical (unpaired) electrons. The molecule has 122 valence electrons. The molecule has 3 saturated heterocycles. The van der Waals surface area contributed by atoms with Gasteiger partial charge in [-0.3, -0.25) is 0 Å². The molecule has 3 fully saturated rings. The second-order valence-electron chi connectivity index (χ2n) is 5.75. The van der Waals surface area contributed by atoms with Gasteiger partial charge >= 0.3 is 0 Å². The Morgan fingerprint density at radius 2 is 1.19 bits per heavy atom. The third-order valence-corrected chi connectivity index (χ3v) is 3.94. The van der Waals surface area contributed by atoms with Crippen molar-refractivity contribution in [3.8, 4) is 0 Å². The molecule has 0 amide bonds. The third kappa shape index (κ3) is 5.16. The second-order valence-corrected chi connectivity index (χ2v) is 5.75. The van der Waals surface area contributed by atoms with Gasteiger partial charge in [0, 0.05) is 39.1 Å². The van der Waals surface area contributed by atoms with Gasteiger partial charge in [-0.25, -0.2) is 0 Å². The van der Waals surface area contributed by atoms with E-state index < -0.39 is 0 Å². The summed E-state index contributed by atoms with van der Waals surface area (Å²) in [6.45, 7) is 3.29. The normalized spacial score (nSPS) is 34.6. The Morgan fingerprint density at radius 1 is 0.714 bits per heavy atom. The van der Waals surface area contributed by atoms with Crippen LogP contribution >= 0.6 is 0 Å². The highest BCUT2D eigenvalue weighted by Crippen LogP contribution is 2.19. The van der Waals surface area contributed by atoms with E-state index in [0.717, 1.165) is 58.3 Å². The van der Waals surface area contributed by atoms with Gasteiger partial charge < -0.3 is 28.4 Å². The van der Waals surface area contributed by atoms with Gasteiger partial charge in [-0.1, -0.05) is 0 Å². The molecular formula is C15H26O6. The third-order valence-electron chi connectivity index (χ3n) is 3.94. The Bertz CT molecular complexity index is 262. The van der Waals surface area contributed by atoms with E-state index in [1.54, 1.807) is 0 Å². The van der Waals surface area contributed by atoms with Gasteiger partial charge in [-0.05, 0) is 19.3 Å². The van der Waals surface area contributed by atoms with Crippen LogP contribution < -0.4 is 0 Å². The first-order chi connectivity index (χ1) is 10.4. The van der Waals surface area contributed by atoms with Crippen LogP contribution in [0.3, 0.4) is 0 Å². The Balaban J connectivity index is 1.41. The highest BCUT2D eigenvalue weighted by atomic mass is 16.7. The predicted octanol–water partition coefficient (Wildman–Crippen LogP) is 1.81. The predicted molar refractivity (Wildman–Crippen MR) is 73.7 cm³/mol. The quantitative estimate of drug-likeness (QED) is 0.681. The molecule has 6 nitrogen and oxygen atoms in total. The zero-order valence-corrected chi connectivity index (χ0v) is 12.5. The molecule has 3 atom stereocenters. The van der Waals surface area contributed by atoms with Gasteiger partial charge in [0.25, 0.3) is 0 Å². The summed E-state index contributed by atoms with van der Waals surface area (Å²) in [6, 6.07) is 0. The van der Waals surface area contributed by atoms with E-state index in [4.69, 9.17) is 28.4 Å². The first kappa shape index (κ1) is 15.6. The van der Waals surface area contributed by atoms with Crippen LogP contribution in [0.4, 0.5) is 0 Å². The fourth-order valence-corrected chi connectivity index (χ4v) is 2.79. The van der Waals surface area contributed by atoms with Gasteiger partial charge in [0.15, 0.2) is 18.9 Å². The van der Waals surface area contributed by atoms with Crippen molar-refractivity contribution in [1.82, 2.24) is 0 Å². The Labute approximate surface area is 126 Å². The summed E-state index contributed by atoms with van der Waals surface area (Å²) >= 11 is 0. The maximum Gasteiger partial charge on any atom is 0.158 e. The molecule has 0 aromatic rings. The lowest BCUT2D eigenvalue weighted by Gasteiger charge is -2.24. The molecule has 3 aliphatic heterocycles. The van der Waals surface area contributed by atoms with E-state index in [1.807, 2.05) is 0 Å². The van der Waals surface area contributed by atoms with Crippen molar-refractivity contribution >= 4 is 0 Å². The highest BCUT2D eigenvalue weighted by Gasteiger charge is 2.25. The highest BCUT2D eigenvalue weighted by molar-refractivity contribution is 4.65. The van der Waals surface area contributed by atoms with Crippen molar-refractivity contribution in [2.24, 2.45) is 0 Å². The number of ether oxygens (including phenoxy) is 6. The Kier molecular flexibility index (Phi) is 6.26. The van der Waals surface area contributed by atoms with Gasteiger partial charge in [-0.15, -0.1) is 0 Å². The van der Waals surface area contributed by atoms with Crippen LogP contribution in [-0.4, -0.2) is 58.0 Å². The molecule has 3 heterocycles. The van der Waals surface area contributed by atoms with Crippen molar-refractivity contribution in [3.63, 3.8) is 0 Å². The van der Waals surface area contributed by atoms with Crippen LogP contribution in [0.2, 0.25) is 0 Å². The largest absolute Gasteiger partial charge is 0.353 e. The first-order valence-corrected chi connectivity index (χ1v) is 8.13. The fraction of sp³-hybridized carbons (Fsp3) is 1.00. The van der Waals surface area contributed by atoms with Crippen LogP contribution in [0.25, 0.3) is 0 Å². The lowest BCUT2D eigenvalue weighted by molar-refractivity contribution is -0.213. The second kappa shape index (κ2) is 8.41. The zero-order valence-electron chi connectivity index (χ0n) is 12.5. The monoisotopic (exact) mass is 302 g/mol. The molecule has 3 unspecified atom stereocenters. The van der Waals surface area contributed by atoms with Gasteiger partial charge in [0.1, 0.15) is 6.10 Å². The smallest absolute Gasteiger partial charge is 0.158 e. The van der Waals surface area contributed by atoms with Crippen molar-refractivity contribution < 1.29 is 28.4 Å². The summed E-state index contributed by atoms with van der Waals surface area (Å²) in [7, 11) is 0. The van der Waals surface area contributed by atoms with E-state index in [0.29, 0.717) is 13.2 Å². The van der Waals surface area contributed by atoms with Crippen molar-refractivity contribution in [3.05, 3.63) is 0 Å². The minimum absolute atomic E-state index is 0.0941. The van der Waals surface area contributed by atoms with Gasteiger partial charge in [-0.2, -0.15) is 0 Å². The fourth-order valence-electron chi connectivity index (χ4n) is 2.79. The molecule has 3 rings (SSSR count). The van der Waals surface area contributed by atoms with Crippen molar-refractivity contribution in [2.45, 2.75) is 63.5 Å². The molecule has 0 aliphatic carbocycles. The van der Waals surface area contributed by atoms with E-state index in [2.05, 4.69) is 0 Å². The van der Waals surface area contributed by atoms with Crippen LogP contribution in [-0.2, 0) is 28.4 Å². The lowest BCUT2D eigenvalue weighted by atomic mass is 10.3. The van der Waals surface area contributed by atoms with Gasteiger partial charge in [0.2, 0.25) is 0 Å². The van der Waals surface area contributed by atoms with Crippen LogP contribution in [0, 0.1) is 0 Å². The number of hydrogen-bond donors (Lipinski definition) is 0. The first-order valence-electron chi connectivity index (χ1n) is 8.13. The zero-order chi connectivity index (χ0) is 14.3. The van der Waals surface area contributed by atoms with Crippen molar-refractivity contribution in [1.29, 1.82) is 0 Å². The molecule has 0 aromatic carbocycles. The van der Waals surface area contributed by atoms with Crippen LogP contribution in [0.1, 0.15) is 38.5 Å².